The number of halogens is 2. The second kappa shape index (κ2) is 8.09. The maximum absolute atomic E-state index is 13.1. The molecule has 2 aliphatic rings. The van der Waals surface area contributed by atoms with Gasteiger partial charge in [0.25, 0.3) is 5.91 Å². The van der Waals surface area contributed by atoms with Crippen LogP contribution in [0.3, 0.4) is 0 Å². The van der Waals surface area contributed by atoms with Crippen molar-refractivity contribution in [2.45, 2.75) is 25.0 Å². The maximum Gasteiger partial charge on any atom is 0.332 e. The largest absolute Gasteiger partial charge is 0.478 e. The molecule has 1 heterocycles. The van der Waals surface area contributed by atoms with Crippen LogP contribution in [-0.2, 0) is 14.3 Å². The first-order chi connectivity index (χ1) is 13.9. The average molecular weight is 432 g/mol. The van der Waals surface area contributed by atoms with Crippen LogP contribution >= 0.6 is 23.2 Å². The third-order valence-electron chi connectivity index (χ3n) is 5.14. The molecule has 5 nitrogen and oxygen atoms in total. The molecule has 7 heteroatoms. The van der Waals surface area contributed by atoms with E-state index in [9.17, 15) is 14.7 Å². The molecule has 2 fully saturated rings. The standard InChI is InChI=1S/C22H19Cl2NO4/c23-16-8-6-14(7-9-16)20-21(15-2-1-3-17(24)10-15)29-18(11-19(26)27)22(28)25(20)12-13-4-5-13/h1-3,6-11,13,20-21H,4-5,12H2,(H,26,27)/b18-11-/t20-,21-/m1/s1. The fourth-order valence-corrected chi connectivity index (χ4v) is 3.94. The first-order valence-corrected chi connectivity index (χ1v) is 10.1. The number of hydrogen-bond acceptors (Lipinski definition) is 3. The Morgan fingerprint density at radius 2 is 1.83 bits per heavy atom. The van der Waals surface area contributed by atoms with Crippen LogP contribution in [0.25, 0.3) is 0 Å². The topological polar surface area (TPSA) is 66.8 Å². The first kappa shape index (κ1) is 19.8. The zero-order chi connectivity index (χ0) is 20.5. The van der Waals surface area contributed by atoms with E-state index < -0.39 is 24.0 Å². The van der Waals surface area contributed by atoms with Crippen LogP contribution in [-0.4, -0.2) is 28.4 Å². The van der Waals surface area contributed by atoms with Gasteiger partial charge in [0, 0.05) is 16.6 Å². The molecule has 1 amide bonds. The Balaban J connectivity index is 1.83. The Bertz CT molecular complexity index is 969. The van der Waals surface area contributed by atoms with Crippen LogP contribution in [0.5, 0.6) is 0 Å². The number of carbonyl (C=O) groups is 2. The zero-order valence-corrected chi connectivity index (χ0v) is 16.9. The predicted molar refractivity (Wildman–Crippen MR) is 110 cm³/mol. The minimum atomic E-state index is -1.23. The molecule has 4 rings (SSSR count). The van der Waals surface area contributed by atoms with E-state index in [4.69, 9.17) is 27.9 Å². The van der Waals surface area contributed by atoms with Gasteiger partial charge in [0.1, 0.15) is 6.10 Å². The lowest BCUT2D eigenvalue weighted by Crippen LogP contribution is -2.45. The highest BCUT2D eigenvalue weighted by molar-refractivity contribution is 6.30. The van der Waals surface area contributed by atoms with Crippen LogP contribution in [0.1, 0.15) is 36.1 Å². The van der Waals surface area contributed by atoms with Gasteiger partial charge < -0.3 is 14.7 Å². The second-order valence-electron chi connectivity index (χ2n) is 7.34. The van der Waals surface area contributed by atoms with E-state index in [1.54, 1.807) is 29.2 Å². The lowest BCUT2D eigenvalue weighted by molar-refractivity contribution is -0.149. The van der Waals surface area contributed by atoms with E-state index in [1.807, 2.05) is 24.3 Å². The van der Waals surface area contributed by atoms with E-state index in [1.165, 1.54) is 0 Å². The lowest BCUT2D eigenvalue weighted by atomic mass is 9.92. The fraction of sp³-hybridized carbons (Fsp3) is 0.273. The molecule has 29 heavy (non-hydrogen) atoms. The van der Waals surface area contributed by atoms with E-state index in [0.717, 1.165) is 30.0 Å². The SMILES string of the molecule is O=C(O)/C=C1\O[C@H](c2cccc(Cl)c2)[C@@H](c2ccc(Cl)cc2)N(CC2CC2)C1=O. The molecule has 0 radical (unpaired) electrons. The van der Waals surface area contributed by atoms with Crippen molar-refractivity contribution in [1.29, 1.82) is 0 Å². The van der Waals surface area contributed by atoms with Crippen LogP contribution in [0.2, 0.25) is 10.0 Å². The van der Waals surface area contributed by atoms with Crippen LogP contribution in [0, 0.1) is 5.92 Å². The van der Waals surface area contributed by atoms with E-state index >= 15 is 0 Å². The number of aliphatic carboxylic acids is 1. The average Bonchev–Trinajstić information content (AvgIpc) is 3.49. The van der Waals surface area contributed by atoms with Crippen molar-refractivity contribution in [2.75, 3.05) is 6.54 Å². The number of hydrogen-bond donors (Lipinski definition) is 1. The van der Waals surface area contributed by atoms with Crippen molar-refractivity contribution >= 4 is 35.1 Å². The number of ether oxygens (including phenoxy) is 1. The molecule has 2 aromatic rings. The molecule has 2 atom stereocenters. The molecule has 1 aliphatic carbocycles. The van der Waals surface area contributed by atoms with Gasteiger partial charge in [-0.25, -0.2) is 4.79 Å². The number of nitrogens with zero attached hydrogens (tertiary/aromatic N) is 1. The molecule has 0 aromatic heterocycles. The van der Waals surface area contributed by atoms with Crippen molar-refractivity contribution in [1.82, 2.24) is 4.90 Å². The van der Waals surface area contributed by atoms with Crippen LogP contribution in [0.4, 0.5) is 0 Å². The monoisotopic (exact) mass is 431 g/mol. The molecule has 2 aromatic carbocycles. The maximum atomic E-state index is 13.1. The normalized spacial score (nSPS) is 23.2. The molecule has 150 valence electrons. The summed E-state index contributed by atoms with van der Waals surface area (Å²) in [6, 6.07) is 14.1. The highest BCUT2D eigenvalue weighted by atomic mass is 35.5. The summed E-state index contributed by atoms with van der Waals surface area (Å²) in [5, 5.41) is 10.3. The molecule has 1 aliphatic heterocycles. The molecule has 1 N–H and O–H groups in total. The fourth-order valence-electron chi connectivity index (χ4n) is 3.61. The third kappa shape index (κ3) is 4.41. The van der Waals surface area contributed by atoms with E-state index in [-0.39, 0.29) is 5.76 Å². The van der Waals surface area contributed by atoms with Crippen LogP contribution in [0.15, 0.2) is 60.4 Å². The van der Waals surface area contributed by atoms with Crippen molar-refractivity contribution < 1.29 is 19.4 Å². The number of benzene rings is 2. The van der Waals surface area contributed by atoms with E-state index in [2.05, 4.69) is 0 Å². The Morgan fingerprint density at radius 3 is 2.45 bits per heavy atom. The van der Waals surface area contributed by atoms with Gasteiger partial charge in [-0.05, 0) is 54.2 Å². The Kier molecular flexibility index (Phi) is 5.52. The van der Waals surface area contributed by atoms with Crippen molar-refractivity contribution in [3.8, 4) is 0 Å². The Labute approximate surface area is 178 Å². The summed E-state index contributed by atoms with van der Waals surface area (Å²) in [7, 11) is 0. The van der Waals surface area contributed by atoms with Crippen molar-refractivity contribution in [3.05, 3.63) is 81.5 Å². The van der Waals surface area contributed by atoms with E-state index in [0.29, 0.717) is 22.5 Å². The minimum Gasteiger partial charge on any atom is -0.478 e. The van der Waals surface area contributed by atoms with Crippen molar-refractivity contribution in [3.63, 3.8) is 0 Å². The number of amides is 1. The summed E-state index contributed by atoms with van der Waals surface area (Å²) in [4.78, 5) is 26.1. The molecule has 0 spiro atoms. The lowest BCUT2D eigenvalue weighted by Gasteiger charge is -2.42. The predicted octanol–water partition coefficient (Wildman–Crippen LogP) is 5.01. The summed E-state index contributed by atoms with van der Waals surface area (Å²) in [6.07, 6.45) is 2.34. The summed E-state index contributed by atoms with van der Waals surface area (Å²) in [5.74, 6) is -1.40. The molecule has 1 saturated carbocycles. The molecule has 0 unspecified atom stereocenters. The quantitative estimate of drug-likeness (QED) is 0.675. The summed E-state index contributed by atoms with van der Waals surface area (Å²) in [5.41, 5.74) is 1.63. The number of rotatable bonds is 5. The van der Waals surface area contributed by atoms with Gasteiger partial charge in [-0.2, -0.15) is 0 Å². The number of carboxylic acids is 1. The smallest absolute Gasteiger partial charge is 0.332 e. The Hall–Kier alpha value is -2.50. The number of carboxylic acid groups (broad SMARTS) is 1. The van der Waals surface area contributed by atoms with Gasteiger partial charge in [0.2, 0.25) is 0 Å². The minimum absolute atomic E-state index is 0.173. The highest BCUT2D eigenvalue weighted by Gasteiger charge is 2.44. The van der Waals surface area contributed by atoms with Gasteiger partial charge in [-0.3, -0.25) is 4.79 Å². The van der Waals surface area contributed by atoms with Crippen LogP contribution < -0.4 is 0 Å². The Morgan fingerprint density at radius 1 is 1.10 bits per heavy atom. The highest BCUT2D eigenvalue weighted by Crippen LogP contribution is 2.45. The summed E-state index contributed by atoms with van der Waals surface area (Å²) in [6.45, 7) is 0.545. The van der Waals surface area contributed by atoms with Gasteiger partial charge in [0.05, 0.1) is 12.1 Å². The summed E-state index contributed by atoms with van der Waals surface area (Å²) >= 11 is 12.3. The molecule has 1 saturated heterocycles. The third-order valence-corrected chi connectivity index (χ3v) is 5.63. The number of morpholine rings is 1. The molecular formula is C22H19Cl2NO4. The van der Waals surface area contributed by atoms with Gasteiger partial charge in [0.15, 0.2) is 5.76 Å². The van der Waals surface area contributed by atoms with Gasteiger partial charge in [-0.1, -0.05) is 47.5 Å². The second-order valence-corrected chi connectivity index (χ2v) is 8.21. The van der Waals surface area contributed by atoms with Gasteiger partial charge in [-0.15, -0.1) is 0 Å². The van der Waals surface area contributed by atoms with Crippen molar-refractivity contribution in [2.24, 2.45) is 5.92 Å². The number of carbonyl (C=O) groups excluding carboxylic acids is 1. The zero-order valence-electron chi connectivity index (χ0n) is 15.4. The molecule has 0 bridgehead atoms. The van der Waals surface area contributed by atoms with Gasteiger partial charge >= 0.3 is 5.97 Å². The summed E-state index contributed by atoms with van der Waals surface area (Å²) < 4.78 is 5.98. The first-order valence-electron chi connectivity index (χ1n) is 9.35. The molecular weight excluding hydrogens is 413 g/mol.